The number of carbonyl (C=O) groups excluding carboxylic acids is 2. The van der Waals surface area contributed by atoms with Crippen molar-refractivity contribution in [2.24, 2.45) is 5.10 Å². The first-order valence-electron chi connectivity index (χ1n) is 7.78. The number of hydrogen-bond donors (Lipinski definition) is 2. The van der Waals surface area contributed by atoms with Crippen molar-refractivity contribution in [1.29, 1.82) is 0 Å². The molecule has 0 aliphatic rings. The molecular formula is C19H18FN3O3. The molecule has 0 spiro atoms. The van der Waals surface area contributed by atoms with Crippen molar-refractivity contribution in [3.05, 3.63) is 78.1 Å². The molecule has 2 N–H and O–H groups in total. The number of hydrazone groups is 1. The average Bonchev–Trinajstić information content (AvgIpc) is 2.65. The topological polar surface area (TPSA) is 79.8 Å². The highest BCUT2D eigenvalue weighted by atomic mass is 19.1. The molecule has 0 saturated heterocycles. The molecule has 2 aromatic rings. The highest BCUT2D eigenvalue weighted by Crippen LogP contribution is 2.11. The van der Waals surface area contributed by atoms with E-state index in [9.17, 15) is 14.0 Å². The molecule has 2 amide bonds. The first-order valence-corrected chi connectivity index (χ1v) is 7.78. The molecule has 0 fully saturated rings. The predicted octanol–water partition coefficient (Wildman–Crippen LogP) is 2.27. The summed E-state index contributed by atoms with van der Waals surface area (Å²) in [7, 11) is 0. The molecule has 2 aromatic carbocycles. The Hall–Kier alpha value is -3.48. The van der Waals surface area contributed by atoms with Gasteiger partial charge in [0.15, 0.2) is 0 Å². The van der Waals surface area contributed by atoms with E-state index in [0.717, 1.165) is 5.56 Å². The van der Waals surface area contributed by atoms with Crippen molar-refractivity contribution in [3.8, 4) is 5.75 Å². The fraction of sp³-hybridized carbons (Fsp3) is 0.105. The van der Waals surface area contributed by atoms with Crippen molar-refractivity contribution in [2.75, 3.05) is 13.2 Å². The van der Waals surface area contributed by atoms with Crippen LogP contribution in [0.25, 0.3) is 0 Å². The van der Waals surface area contributed by atoms with E-state index in [1.54, 1.807) is 30.3 Å². The van der Waals surface area contributed by atoms with E-state index >= 15 is 0 Å². The maximum absolute atomic E-state index is 12.8. The summed E-state index contributed by atoms with van der Waals surface area (Å²) in [6.45, 7) is 3.71. The van der Waals surface area contributed by atoms with Gasteiger partial charge in [0.2, 0.25) is 0 Å². The number of ether oxygens (including phenoxy) is 1. The van der Waals surface area contributed by atoms with Crippen LogP contribution in [-0.2, 0) is 4.79 Å². The Labute approximate surface area is 150 Å². The van der Waals surface area contributed by atoms with Crippen LogP contribution in [0.2, 0.25) is 0 Å². The molecule has 0 saturated carbocycles. The minimum absolute atomic E-state index is 0.254. The zero-order chi connectivity index (χ0) is 18.8. The van der Waals surface area contributed by atoms with Crippen LogP contribution in [-0.4, -0.2) is 31.2 Å². The van der Waals surface area contributed by atoms with Gasteiger partial charge in [-0.1, -0.05) is 24.8 Å². The molecule has 2 rings (SSSR count). The number of carbonyl (C=O) groups is 2. The van der Waals surface area contributed by atoms with Crippen LogP contribution < -0.4 is 15.5 Å². The Morgan fingerprint density at radius 3 is 2.69 bits per heavy atom. The monoisotopic (exact) mass is 355 g/mol. The molecule has 134 valence electrons. The number of nitrogens with zero attached hydrogens (tertiary/aromatic N) is 1. The summed E-state index contributed by atoms with van der Waals surface area (Å²) in [5, 5.41) is 6.25. The lowest BCUT2D eigenvalue weighted by atomic mass is 10.2. The predicted molar refractivity (Wildman–Crippen MR) is 96.6 cm³/mol. The average molecular weight is 355 g/mol. The minimum atomic E-state index is -0.490. The Bertz CT molecular complexity index is 804. The molecule has 0 atom stereocenters. The maximum atomic E-state index is 12.8. The molecule has 0 unspecified atom stereocenters. The van der Waals surface area contributed by atoms with Gasteiger partial charge in [0, 0.05) is 5.56 Å². The van der Waals surface area contributed by atoms with Crippen LogP contribution in [0.1, 0.15) is 15.9 Å². The van der Waals surface area contributed by atoms with Gasteiger partial charge in [-0.05, 0) is 42.0 Å². The van der Waals surface area contributed by atoms with Crippen LogP contribution in [0.4, 0.5) is 4.39 Å². The quantitative estimate of drug-likeness (QED) is 0.433. The van der Waals surface area contributed by atoms with Gasteiger partial charge in [-0.25, -0.2) is 9.82 Å². The number of nitrogens with one attached hydrogen (secondary N) is 2. The van der Waals surface area contributed by atoms with Crippen LogP contribution in [0.3, 0.4) is 0 Å². The highest BCUT2D eigenvalue weighted by molar-refractivity contribution is 5.96. The maximum Gasteiger partial charge on any atom is 0.259 e. The summed E-state index contributed by atoms with van der Waals surface area (Å²) < 4.78 is 18.2. The standard InChI is InChI=1S/C19H18FN3O3/c1-2-10-26-17-5-3-4-14(11-17)12-22-23-18(24)13-21-19(25)15-6-8-16(20)9-7-15/h2-9,11-12H,1,10,13H2,(H,21,25)(H,23,24). The van der Waals surface area contributed by atoms with Gasteiger partial charge >= 0.3 is 0 Å². The van der Waals surface area contributed by atoms with E-state index in [1.807, 2.05) is 0 Å². The van der Waals surface area contributed by atoms with E-state index in [1.165, 1.54) is 30.5 Å². The summed E-state index contributed by atoms with van der Waals surface area (Å²) >= 11 is 0. The molecule has 0 radical (unpaired) electrons. The van der Waals surface area contributed by atoms with Crippen LogP contribution in [0.15, 0.2) is 66.3 Å². The summed E-state index contributed by atoms with van der Waals surface area (Å²) in [5.41, 5.74) is 3.31. The summed E-state index contributed by atoms with van der Waals surface area (Å²) in [4.78, 5) is 23.5. The lowest BCUT2D eigenvalue weighted by molar-refractivity contribution is -0.120. The number of amides is 2. The Kier molecular flexibility index (Phi) is 7.05. The molecule has 0 bridgehead atoms. The van der Waals surface area contributed by atoms with Gasteiger partial charge in [-0.3, -0.25) is 9.59 Å². The van der Waals surface area contributed by atoms with Crippen LogP contribution in [0, 0.1) is 5.82 Å². The fourth-order valence-corrected chi connectivity index (χ4v) is 1.92. The van der Waals surface area contributed by atoms with Crippen molar-refractivity contribution >= 4 is 18.0 Å². The second kappa shape index (κ2) is 9.73. The molecule has 7 heteroatoms. The van der Waals surface area contributed by atoms with Crippen molar-refractivity contribution in [2.45, 2.75) is 0 Å². The lowest BCUT2D eigenvalue weighted by Gasteiger charge is -2.05. The second-order valence-electron chi connectivity index (χ2n) is 5.15. The summed E-state index contributed by atoms with van der Waals surface area (Å²) in [6, 6.07) is 12.2. The van der Waals surface area contributed by atoms with E-state index < -0.39 is 17.6 Å². The zero-order valence-electron chi connectivity index (χ0n) is 13.9. The molecule has 6 nitrogen and oxygen atoms in total. The number of benzene rings is 2. The molecule has 0 aliphatic heterocycles. The molecule has 26 heavy (non-hydrogen) atoms. The van der Waals surface area contributed by atoms with E-state index in [2.05, 4.69) is 22.4 Å². The van der Waals surface area contributed by atoms with Gasteiger partial charge in [0.1, 0.15) is 18.2 Å². The smallest absolute Gasteiger partial charge is 0.259 e. The third-order valence-corrected chi connectivity index (χ3v) is 3.14. The SMILES string of the molecule is C=CCOc1cccc(C=NNC(=O)CNC(=O)c2ccc(F)cc2)c1. The van der Waals surface area contributed by atoms with E-state index in [4.69, 9.17) is 4.74 Å². The highest BCUT2D eigenvalue weighted by Gasteiger charge is 2.07. The third kappa shape index (κ3) is 6.20. The van der Waals surface area contributed by atoms with Crippen molar-refractivity contribution < 1.29 is 18.7 Å². The third-order valence-electron chi connectivity index (χ3n) is 3.14. The van der Waals surface area contributed by atoms with Gasteiger partial charge in [-0.15, -0.1) is 0 Å². The Morgan fingerprint density at radius 2 is 1.96 bits per heavy atom. The Morgan fingerprint density at radius 1 is 1.19 bits per heavy atom. The molecule has 0 aliphatic carbocycles. The molecule has 0 aromatic heterocycles. The minimum Gasteiger partial charge on any atom is -0.490 e. The van der Waals surface area contributed by atoms with Crippen LogP contribution >= 0.6 is 0 Å². The summed E-state index contributed by atoms with van der Waals surface area (Å²) in [5.74, 6) is -0.744. The first-order chi connectivity index (χ1) is 12.6. The lowest BCUT2D eigenvalue weighted by Crippen LogP contribution is -2.34. The van der Waals surface area contributed by atoms with Crippen molar-refractivity contribution in [1.82, 2.24) is 10.7 Å². The van der Waals surface area contributed by atoms with Crippen LogP contribution in [0.5, 0.6) is 5.75 Å². The zero-order valence-corrected chi connectivity index (χ0v) is 13.9. The van der Waals surface area contributed by atoms with Gasteiger partial charge in [-0.2, -0.15) is 5.10 Å². The van der Waals surface area contributed by atoms with Gasteiger partial charge < -0.3 is 10.1 Å². The Balaban J connectivity index is 1.79. The fourth-order valence-electron chi connectivity index (χ4n) is 1.92. The largest absolute Gasteiger partial charge is 0.490 e. The van der Waals surface area contributed by atoms with E-state index in [-0.39, 0.29) is 12.1 Å². The number of hydrogen-bond acceptors (Lipinski definition) is 4. The molecular weight excluding hydrogens is 337 g/mol. The van der Waals surface area contributed by atoms with Gasteiger partial charge in [0.25, 0.3) is 11.8 Å². The normalized spacial score (nSPS) is 10.3. The number of halogens is 1. The van der Waals surface area contributed by atoms with Crippen molar-refractivity contribution in [3.63, 3.8) is 0 Å². The van der Waals surface area contributed by atoms with Gasteiger partial charge in [0.05, 0.1) is 12.8 Å². The first kappa shape index (κ1) is 18.9. The molecule has 0 heterocycles. The van der Waals surface area contributed by atoms with E-state index in [0.29, 0.717) is 12.4 Å². The number of rotatable bonds is 8. The second-order valence-corrected chi connectivity index (χ2v) is 5.15. The summed E-state index contributed by atoms with van der Waals surface area (Å²) in [6.07, 6.45) is 3.10.